The Balaban J connectivity index is 1.53. The molecule has 4 aromatic rings. The van der Waals surface area contributed by atoms with Gasteiger partial charge in [-0.1, -0.05) is 78.1 Å². The molecule has 1 aromatic heterocycles. The van der Waals surface area contributed by atoms with Gasteiger partial charge in [0.15, 0.2) is 5.13 Å². The third-order valence-corrected chi connectivity index (χ3v) is 7.64. The zero-order chi connectivity index (χ0) is 23.7. The number of thiazole rings is 1. The lowest BCUT2D eigenvalue weighted by atomic mass is 9.82. The summed E-state index contributed by atoms with van der Waals surface area (Å²) in [7, 11) is 0. The first-order chi connectivity index (χ1) is 16.4. The first-order valence-electron chi connectivity index (χ1n) is 11.3. The molecule has 1 atom stereocenters. The van der Waals surface area contributed by atoms with Gasteiger partial charge < -0.3 is 10.0 Å². The molecule has 1 unspecified atom stereocenters. The van der Waals surface area contributed by atoms with E-state index in [1.165, 1.54) is 12.1 Å². The largest absolute Gasteiger partial charge is 0.481 e. The summed E-state index contributed by atoms with van der Waals surface area (Å²) in [5.74, 6) is -1.01. The minimum Gasteiger partial charge on any atom is -0.481 e. The highest BCUT2D eigenvalue weighted by atomic mass is 32.1. The molecule has 0 amide bonds. The van der Waals surface area contributed by atoms with Gasteiger partial charge in [-0.2, -0.15) is 0 Å². The first kappa shape index (κ1) is 22.3. The quantitative estimate of drug-likeness (QED) is 0.341. The Morgan fingerprint density at radius 3 is 2.21 bits per heavy atom. The number of carboxylic acid groups (broad SMARTS) is 1. The van der Waals surface area contributed by atoms with Gasteiger partial charge >= 0.3 is 5.97 Å². The Kier molecular flexibility index (Phi) is 5.92. The lowest BCUT2D eigenvalue weighted by molar-refractivity contribution is -0.148. The molecule has 0 saturated carbocycles. The minimum atomic E-state index is -0.770. The van der Waals surface area contributed by atoms with Crippen molar-refractivity contribution >= 4 is 22.4 Å². The Morgan fingerprint density at radius 2 is 1.56 bits per heavy atom. The molecule has 1 aliphatic heterocycles. The predicted octanol–water partition coefficient (Wildman–Crippen LogP) is 6.97. The average molecular weight is 473 g/mol. The molecule has 0 radical (unpaired) electrons. The van der Waals surface area contributed by atoms with Gasteiger partial charge in [-0.15, -0.1) is 0 Å². The number of hydrogen-bond acceptors (Lipinski definition) is 4. The molecule has 1 N–H and O–H groups in total. The molecule has 5 rings (SSSR count). The maximum Gasteiger partial charge on any atom is 0.311 e. The van der Waals surface area contributed by atoms with Crippen molar-refractivity contribution in [2.24, 2.45) is 5.41 Å². The van der Waals surface area contributed by atoms with Crippen molar-refractivity contribution in [2.45, 2.75) is 19.8 Å². The molecule has 1 saturated heterocycles. The van der Waals surface area contributed by atoms with Gasteiger partial charge in [0, 0.05) is 18.7 Å². The van der Waals surface area contributed by atoms with Crippen LogP contribution in [0, 0.1) is 11.2 Å². The molecular weight excluding hydrogens is 447 g/mol. The van der Waals surface area contributed by atoms with Crippen molar-refractivity contribution < 1.29 is 14.3 Å². The Morgan fingerprint density at radius 1 is 0.941 bits per heavy atom. The van der Waals surface area contributed by atoms with Crippen molar-refractivity contribution in [3.05, 3.63) is 84.7 Å². The van der Waals surface area contributed by atoms with E-state index in [-0.39, 0.29) is 5.82 Å². The van der Waals surface area contributed by atoms with Gasteiger partial charge in [0.2, 0.25) is 0 Å². The van der Waals surface area contributed by atoms with Crippen molar-refractivity contribution in [1.82, 2.24) is 4.98 Å². The van der Waals surface area contributed by atoms with Gasteiger partial charge in [0.05, 0.1) is 16.0 Å². The highest BCUT2D eigenvalue weighted by Crippen LogP contribution is 2.43. The van der Waals surface area contributed by atoms with Crippen LogP contribution < -0.4 is 4.90 Å². The second-order valence-electron chi connectivity index (χ2n) is 9.02. The molecule has 0 aliphatic carbocycles. The monoisotopic (exact) mass is 472 g/mol. The summed E-state index contributed by atoms with van der Waals surface area (Å²) in [5.41, 5.74) is 4.16. The predicted molar refractivity (Wildman–Crippen MR) is 136 cm³/mol. The Hall–Kier alpha value is -3.51. The van der Waals surface area contributed by atoms with E-state index in [1.54, 1.807) is 23.5 Å². The molecule has 1 aliphatic rings. The molecule has 0 bridgehead atoms. The van der Waals surface area contributed by atoms with E-state index in [4.69, 9.17) is 4.98 Å². The van der Waals surface area contributed by atoms with E-state index in [1.807, 2.05) is 49.4 Å². The van der Waals surface area contributed by atoms with Gasteiger partial charge in [0.1, 0.15) is 5.82 Å². The highest BCUT2D eigenvalue weighted by Gasteiger charge is 2.39. The summed E-state index contributed by atoms with van der Waals surface area (Å²) in [6, 6.07) is 24.8. The lowest BCUT2D eigenvalue weighted by Crippen LogP contribution is -2.46. The van der Waals surface area contributed by atoms with E-state index in [0.717, 1.165) is 50.9 Å². The first-order valence-corrected chi connectivity index (χ1v) is 12.2. The molecular formula is C28H25FN2O2S. The van der Waals surface area contributed by atoms with E-state index in [9.17, 15) is 14.3 Å². The molecule has 1 fully saturated rings. The van der Waals surface area contributed by atoms with E-state index in [2.05, 4.69) is 17.0 Å². The molecule has 2 heterocycles. The Labute approximate surface area is 202 Å². The fraction of sp³-hybridized carbons (Fsp3) is 0.214. The van der Waals surface area contributed by atoms with E-state index in [0.29, 0.717) is 13.0 Å². The van der Waals surface area contributed by atoms with Crippen LogP contribution in [0.1, 0.15) is 19.8 Å². The van der Waals surface area contributed by atoms with Gasteiger partial charge in [0.25, 0.3) is 0 Å². The average Bonchev–Trinajstić information content (AvgIpc) is 3.31. The molecule has 4 nitrogen and oxygen atoms in total. The minimum absolute atomic E-state index is 0.250. The smallest absolute Gasteiger partial charge is 0.311 e. The summed E-state index contributed by atoms with van der Waals surface area (Å²) < 4.78 is 13.3. The molecule has 34 heavy (non-hydrogen) atoms. The maximum atomic E-state index is 13.3. The van der Waals surface area contributed by atoms with Crippen molar-refractivity contribution in [3.63, 3.8) is 0 Å². The van der Waals surface area contributed by atoms with Gasteiger partial charge in [-0.25, -0.2) is 9.37 Å². The van der Waals surface area contributed by atoms with E-state index >= 15 is 0 Å². The number of carboxylic acids is 1. The van der Waals surface area contributed by atoms with Crippen LogP contribution in [0.25, 0.3) is 32.8 Å². The van der Waals surface area contributed by atoms with Crippen LogP contribution in [0.4, 0.5) is 9.52 Å². The van der Waals surface area contributed by atoms with Crippen molar-refractivity contribution in [3.8, 4) is 32.8 Å². The number of rotatable bonds is 5. The second kappa shape index (κ2) is 9.03. The number of aromatic nitrogens is 1. The zero-order valence-corrected chi connectivity index (χ0v) is 19.7. The second-order valence-corrected chi connectivity index (χ2v) is 9.99. The highest BCUT2D eigenvalue weighted by molar-refractivity contribution is 7.19. The molecule has 172 valence electrons. The molecule has 0 spiro atoms. The zero-order valence-electron chi connectivity index (χ0n) is 18.9. The number of halogens is 1. The van der Waals surface area contributed by atoms with Crippen LogP contribution >= 0.6 is 11.3 Å². The third kappa shape index (κ3) is 4.33. The topological polar surface area (TPSA) is 53.4 Å². The number of nitrogens with zero attached hydrogens (tertiary/aromatic N) is 2. The summed E-state index contributed by atoms with van der Waals surface area (Å²) in [6.07, 6.45) is 1.50. The van der Waals surface area contributed by atoms with Gasteiger partial charge in [-0.05, 0) is 48.6 Å². The SMILES string of the molecule is CC1(C(=O)O)CCCN(c2nc(-c3ccc(-c4ccc(F)cc4)cc3)c(-c3ccccc3)s2)C1. The fourth-order valence-corrected chi connectivity index (χ4v) is 5.58. The number of piperidine rings is 1. The van der Waals surface area contributed by atoms with Crippen molar-refractivity contribution in [2.75, 3.05) is 18.0 Å². The lowest BCUT2D eigenvalue weighted by Gasteiger charge is -2.37. The summed E-state index contributed by atoms with van der Waals surface area (Å²) >= 11 is 1.61. The standard InChI is InChI=1S/C28H25FN2O2S/c1-28(26(32)33)16-5-17-31(18-28)27-30-24(25(34-27)22-6-3-2-4-7-22)21-10-8-19(9-11-21)20-12-14-23(29)15-13-20/h2-4,6-15H,5,16-18H2,1H3,(H,32,33). The van der Waals surface area contributed by atoms with Gasteiger partial charge in [-0.3, -0.25) is 4.79 Å². The Bertz CT molecular complexity index is 1300. The van der Waals surface area contributed by atoms with Crippen LogP contribution in [0.5, 0.6) is 0 Å². The van der Waals surface area contributed by atoms with Crippen LogP contribution in [-0.2, 0) is 4.79 Å². The summed E-state index contributed by atoms with van der Waals surface area (Å²) in [5, 5.41) is 10.6. The van der Waals surface area contributed by atoms with Crippen LogP contribution in [0.3, 0.4) is 0 Å². The summed E-state index contributed by atoms with van der Waals surface area (Å²) in [4.78, 5) is 20.1. The van der Waals surface area contributed by atoms with E-state index < -0.39 is 11.4 Å². The molecule has 6 heteroatoms. The number of hydrogen-bond donors (Lipinski definition) is 1. The number of benzene rings is 3. The normalized spacial score (nSPS) is 18.1. The number of aliphatic carboxylic acids is 1. The fourth-order valence-electron chi connectivity index (χ4n) is 4.47. The van der Waals surface area contributed by atoms with Crippen LogP contribution in [0.2, 0.25) is 0 Å². The third-order valence-electron chi connectivity index (χ3n) is 6.47. The maximum absolute atomic E-state index is 13.3. The number of carbonyl (C=O) groups is 1. The summed E-state index contributed by atoms with van der Waals surface area (Å²) in [6.45, 7) is 3.07. The van der Waals surface area contributed by atoms with Crippen molar-refractivity contribution in [1.29, 1.82) is 0 Å². The molecule has 3 aromatic carbocycles. The van der Waals surface area contributed by atoms with Crippen LogP contribution in [0.15, 0.2) is 78.9 Å². The van der Waals surface area contributed by atoms with Crippen LogP contribution in [-0.4, -0.2) is 29.1 Å². The number of anilines is 1.